The van der Waals surface area contributed by atoms with E-state index in [1.54, 1.807) is 18.2 Å². The molecule has 0 bridgehead atoms. The highest BCUT2D eigenvalue weighted by atomic mass is 32.1. The van der Waals surface area contributed by atoms with Crippen molar-refractivity contribution in [2.24, 2.45) is 0 Å². The van der Waals surface area contributed by atoms with Crippen LogP contribution in [0.5, 0.6) is 0 Å². The van der Waals surface area contributed by atoms with E-state index in [0.717, 1.165) is 21.1 Å². The highest BCUT2D eigenvalue weighted by molar-refractivity contribution is 7.17. The quantitative estimate of drug-likeness (QED) is 0.544. The lowest BCUT2D eigenvalue weighted by Gasteiger charge is -2.07. The number of nitrogens with zero attached hydrogens (tertiary/aromatic N) is 3. The molecule has 142 valence electrons. The summed E-state index contributed by atoms with van der Waals surface area (Å²) in [7, 11) is 0. The van der Waals surface area contributed by atoms with Gasteiger partial charge in [-0.3, -0.25) is 14.0 Å². The van der Waals surface area contributed by atoms with E-state index >= 15 is 0 Å². The van der Waals surface area contributed by atoms with Crippen LogP contribution in [-0.2, 0) is 0 Å². The summed E-state index contributed by atoms with van der Waals surface area (Å²) in [5.74, 6) is -0.344. The molecule has 0 spiro atoms. The predicted octanol–water partition coefficient (Wildman–Crippen LogP) is 4.37. The molecule has 8 heteroatoms. The van der Waals surface area contributed by atoms with Crippen LogP contribution >= 0.6 is 22.7 Å². The van der Waals surface area contributed by atoms with Crippen molar-refractivity contribution in [1.29, 1.82) is 0 Å². The second kappa shape index (κ2) is 6.96. The standard InChI is InChI=1S/C20H18N4O2S2/c1-10-15(19(26)24-12(3)13(4)27-20(24)22-10)23-17(25)16-11(2)21-18(28-16)14-8-6-5-7-9-14/h5-9H,1-4H3,(H,23,25). The van der Waals surface area contributed by atoms with Gasteiger partial charge in [0.25, 0.3) is 11.5 Å². The number of hydrogen-bond acceptors (Lipinski definition) is 6. The molecule has 0 aliphatic heterocycles. The number of thiazole rings is 2. The Kier molecular flexibility index (Phi) is 4.60. The molecule has 0 atom stereocenters. The summed E-state index contributed by atoms with van der Waals surface area (Å²) in [5, 5.41) is 3.54. The third kappa shape index (κ3) is 3.04. The topological polar surface area (TPSA) is 76.4 Å². The number of anilines is 1. The van der Waals surface area contributed by atoms with Gasteiger partial charge in [-0.15, -0.1) is 22.7 Å². The lowest BCUT2D eigenvalue weighted by molar-refractivity contribution is 0.102. The fourth-order valence-electron chi connectivity index (χ4n) is 2.96. The van der Waals surface area contributed by atoms with Crippen LogP contribution in [-0.4, -0.2) is 20.3 Å². The van der Waals surface area contributed by atoms with Crippen molar-refractivity contribution in [2.75, 3.05) is 5.32 Å². The second-order valence-electron chi connectivity index (χ2n) is 6.49. The van der Waals surface area contributed by atoms with Crippen molar-refractivity contribution in [3.05, 3.63) is 67.5 Å². The van der Waals surface area contributed by atoms with E-state index in [9.17, 15) is 9.59 Å². The third-order valence-electron chi connectivity index (χ3n) is 4.58. The Morgan fingerprint density at radius 1 is 1.00 bits per heavy atom. The maximum atomic E-state index is 13.0. The molecule has 1 N–H and O–H groups in total. The van der Waals surface area contributed by atoms with Crippen LogP contribution in [0.4, 0.5) is 5.69 Å². The van der Waals surface area contributed by atoms with Crippen LogP contribution in [0.1, 0.15) is 31.6 Å². The monoisotopic (exact) mass is 410 g/mol. The Balaban J connectivity index is 1.73. The Morgan fingerprint density at radius 3 is 2.43 bits per heavy atom. The molecule has 3 aromatic heterocycles. The van der Waals surface area contributed by atoms with Gasteiger partial charge < -0.3 is 5.32 Å². The summed E-state index contributed by atoms with van der Waals surface area (Å²) in [6.07, 6.45) is 0. The van der Waals surface area contributed by atoms with E-state index < -0.39 is 0 Å². The molecule has 4 aromatic rings. The molecule has 0 fully saturated rings. The first-order valence-corrected chi connectivity index (χ1v) is 10.3. The van der Waals surface area contributed by atoms with Gasteiger partial charge in [0.1, 0.15) is 15.6 Å². The zero-order chi connectivity index (χ0) is 20.0. The van der Waals surface area contributed by atoms with Gasteiger partial charge in [-0.05, 0) is 27.7 Å². The summed E-state index contributed by atoms with van der Waals surface area (Å²) in [6, 6.07) is 9.71. The Bertz CT molecular complexity index is 1270. The number of benzene rings is 1. The number of carbonyl (C=O) groups is 1. The van der Waals surface area contributed by atoms with Crippen LogP contribution < -0.4 is 10.9 Å². The number of aryl methyl sites for hydroxylation is 4. The Hall–Kier alpha value is -2.84. The van der Waals surface area contributed by atoms with Crippen molar-refractivity contribution >= 4 is 39.2 Å². The molecule has 0 aliphatic carbocycles. The lowest BCUT2D eigenvalue weighted by Crippen LogP contribution is -2.25. The van der Waals surface area contributed by atoms with Crippen molar-refractivity contribution in [3.63, 3.8) is 0 Å². The van der Waals surface area contributed by atoms with Crippen LogP contribution in [0.25, 0.3) is 15.5 Å². The summed E-state index contributed by atoms with van der Waals surface area (Å²) in [6.45, 7) is 7.36. The fourth-order valence-corrected chi connectivity index (χ4v) is 4.93. The fraction of sp³-hybridized carbons (Fsp3) is 0.200. The van der Waals surface area contributed by atoms with Gasteiger partial charge in [0.15, 0.2) is 4.96 Å². The summed E-state index contributed by atoms with van der Waals surface area (Å²) < 4.78 is 1.55. The molecule has 0 saturated heterocycles. The van der Waals surface area contributed by atoms with Gasteiger partial charge in [-0.1, -0.05) is 30.3 Å². The average Bonchev–Trinajstić information content (AvgIpc) is 3.19. The van der Waals surface area contributed by atoms with E-state index in [1.165, 1.54) is 22.7 Å². The van der Waals surface area contributed by atoms with Gasteiger partial charge >= 0.3 is 0 Å². The zero-order valence-electron chi connectivity index (χ0n) is 15.9. The van der Waals surface area contributed by atoms with E-state index in [4.69, 9.17) is 0 Å². The highest BCUT2D eigenvalue weighted by Crippen LogP contribution is 2.28. The van der Waals surface area contributed by atoms with Gasteiger partial charge in [-0.2, -0.15) is 0 Å². The number of rotatable bonds is 3. The van der Waals surface area contributed by atoms with Gasteiger partial charge in [0.2, 0.25) is 0 Å². The molecule has 1 amide bonds. The SMILES string of the molecule is Cc1nc(-c2ccccc2)sc1C(=O)Nc1c(C)nc2sc(C)c(C)n2c1=O. The molecule has 3 heterocycles. The molecule has 4 rings (SSSR count). The van der Waals surface area contributed by atoms with Crippen molar-refractivity contribution in [1.82, 2.24) is 14.4 Å². The minimum atomic E-state index is -0.344. The minimum absolute atomic E-state index is 0.206. The third-order valence-corrected chi connectivity index (χ3v) is 6.85. The first-order chi connectivity index (χ1) is 13.4. The molecule has 1 aromatic carbocycles. The lowest BCUT2D eigenvalue weighted by atomic mass is 10.2. The molecule has 0 aliphatic rings. The van der Waals surface area contributed by atoms with Crippen molar-refractivity contribution in [2.45, 2.75) is 27.7 Å². The smallest absolute Gasteiger partial charge is 0.282 e. The normalized spacial score (nSPS) is 11.1. The summed E-state index contributed by atoms with van der Waals surface area (Å²) in [5.41, 5.74) is 2.88. The van der Waals surface area contributed by atoms with Crippen molar-refractivity contribution < 1.29 is 4.79 Å². The molecule has 0 radical (unpaired) electrons. The summed E-state index contributed by atoms with van der Waals surface area (Å²) >= 11 is 2.78. The highest BCUT2D eigenvalue weighted by Gasteiger charge is 2.20. The molecule has 0 unspecified atom stereocenters. The predicted molar refractivity (Wildman–Crippen MR) is 114 cm³/mol. The number of hydrogen-bond donors (Lipinski definition) is 1. The molecule has 6 nitrogen and oxygen atoms in total. The van der Waals surface area contributed by atoms with Gasteiger partial charge in [-0.25, -0.2) is 9.97 Å². The first-order valence-electron chi connectivity index (χ1n) is 8.70. The van der Waals surface area contributed by atoms with Gasteiger partial charge in [0, 0.05) is 16.1 Å². The van der Waals surface area contributed by atoms with E-state index in [0.29, 0.717) is 21.2 Å². The van der Waals surface area contributed by atoms with Crippen LogP contribution in [0.3, 0.4) is 0 Å². The molecule has 0 saturated carbocycles. The number of carbonyl (C=O) groups excluding carboxylic acids is 1. The Morgan fingerprint density at radius 2 is 1.71 bits per heavy atom. The zero-order valence-corrected chi connectivity index (χ0v) is 17.5. The number of nitrogens with one attached hydrogen (secondary N) is 1. The second-order valence-corrected chi connectivity index (χ2v) is 8.67. The van der Waals surface area contributed by atoms with E-state index in [-0.39, 0.29) is 17.2 Å². The largest absolute Gasteiger partial charge is 0.315 e. The summed E-state index contributed by atoms with van der Waals surface area (Å²) in [4.78, 5) is 37.0. The first kappa shape index (κ1) is 18.5. The van der Waals surface area contributed by atoms with Crippen LogP contribution in [0, 0.1) is 27.7 Å². The van der Waals surface area contributed by atoms with Crippen LogP contribution in [0.2, 0.25) is 0 Å². The van der Waals surface area contributed by atoms with Gasteiger partial charge in [0.05, 0.1) is 11.4 Å². The number of amides is 1. The Labute approximate surface area is 169 Å². The van der Waals surface area contributed by atoms with E-state index in [2.05, 4.69) is 15.3 Å². The molecular formula is C20H18N4O2S2. The number of fused-ring (bicyclic) bond motifs is 1. The minimum Gasteiger partial charge on any atom is -0.315 e. The molecule has 28 heavy (non-hydrogen) atoms. The maximum Gasteiger partial charge on any atom is 0.282 e. The number of aromatic nitrogens is 3. The maximum absolute atomic E-state index is 13.0. The molecular weight excluding hydrogens is 392 g/mol. The van der Waals surface area contributed by atoms with Crippen molar-refractivity contribution in [3.8, 4) is 10.6 Å². The van der Waals surface area contributed by atoms with Crippen LogP contribution in [0.15, 0.2) is 35.1 Å². The average molecular weight is 411 g/mol. The van der Waals surface area contributed by atoms with E-state index in [1.807, 2.05) is 44.2 Å².